The maximum Gasteiger partial charge on any atom is 0.352 e. The third-order valence-corrected chi connectivity index (χ3v) is 2.47. The first-order chi connectivity index (χ1) is 8.31. The van der Waals surface area contributed by atoms with Gasteiger partial charge in [-0.15, -0.1) is 0 Å². The average Bonchev–Trinajstić information content (AvgIpc) is 2.24. The fourth-order valence-corrected chi connectivity index (χ4v) is 1.60. The number of anilines is 1. The molecule has 0 spiro atoms. The van der Waals surface area contributed by atoms with E-state index in [-0.39, 0.29) is 5.70 Å². The summed E-state index contributed by atoms with van der Waals surface area (Å²) in [5.41, 5.74) is 8.76. The van der Waals surface area contributed by atoms with Crippen molar-refractivity contribution in [2.75, 3.05) is 5.73 Å². The van der Waals surface area contributed by atoms with Crippen molar-refractivity contribution in [1.29, 1.82) is 0 Å². The molecule has 0 aliphatic carbocycles. The zero-order chi connectivity index (χ0) is 13.9. The van der Waals surface area contributed by atoms with Gasteiger partial charge >= 0.3 is 5.97 Å². The zero-order valence-electron chi connectivity index (χ0n) is 10.6. The number of carboxylic acids is 1. The summed E-state index contributed by atoms with van der Waals surface area (Å²) in [5, 5.41) is 11.2. The number of aryl methyl sites for hydroxylation is 2. The summed E-state index contributed by atoms with van der Waals surface area (Å²) in [6, 6.07) is 3.54. The van der Waals surface area contributed by atoms with Crippen LogP contribution in [0.1, 0.15) is 23.6 Å². The number of benzene rings is 1. The third kappa shape index (κ3) is 3.35. The van der Waals surface area contributed by atoms with Crippen molar-refractivity contribution in [2.45, 2.75) is 20.8 Å². The summed E-state index contributed by atoms with van der Waals surface area (Å²) in [5.74, 6) is -1.61. The minimum absolute atomic E-state index is 0.161. The van der Waals surface area contributed by atoms with Gasteiger partial charge in [0.15, 0.2) is 0 Å². The van der Waals surface area contributed by atoms with Crippen molar-refractivity contribution in [3.8, 4) is 0 Å². The predicted octanol–water partition coefficient (Wildman–Crippen LogP) is 1.45. The molecule has 0 aliphatic rings. The van der Waals surface area contributed by atoms with Crippen LogP contribution in [0.25, 0.3) is 6.08 Å². The molecule has 5 nitrogen and oxygen atoms in total. The molecule has 0 unspecified atom stereocenters. The number of nitrogen functional groups attached to an aromatic ring is 1. The first-order valence-corrected chi connectivity index (χ1v) is 5.40. The van der Waals surface area contributed by atoms with E-state index in [4.69, 9.17) is 10.8 Å². The first-order valence-electron chi connectivity index (χ1n) is 5.40. The van der Waals surface area contributed by atoms with Crippen molar-refractivity contribution in [2.24, 2.45) is 0 Å². The molecule has 5 heteroatoms. The summed E-state index contributed by atoms with van der Waals surface area (Å²) < 4.78 is 0. The Hall–Kier alpha value is -2.30. The van der Waals surface area contributed by atoms with Crippen LogP contribution in [0.15, 0.2) is 17.8 Å². The molecular formula is C13H16N2O3. The number of carboxylic acid groups (broad SMARTS) is 1. The molecule has 0 heterocycles. The molecule has 1 aromatic carbocycles. The second-order valence-corrected chi connectivity index (χ2v) is 4.11. The van der Waals surface area contributed by atoms with Gasteiger partial charge in [0.1, 0.15) is 5.70 Å². The van der Waals surface area contributed by atoms with Gasteiger partial charge in [0, 0.05) is 12.6 Å². The quantitative estimate of drug-likeness (QED) is 0.557. The molecule has 18 heavy (non-hydrogen) atoms. The first kappa shape index (κ1) is 13.8. The highest BCUT2D eigenvalue weighted by Gasteiger charge is 2.09. The SMILES string of the molecule is CC(=O)NC(=Cc1cc(C)c(N)c(C)c1)C(=O)O. The number of nitrogens with two attached hydrogens (primary N) is 1. The van der Waals surface area contributed by atoms with Crippen LogP contribution >= 0.6 is 0 Å². The topological polar surface area (TPSA) is 92.4 Å². The molecular weight excluding hydrogens is 232 g/mol. The molecule has 4 N–H and O–H groups in total. The number of amides is 1. The molecule has 0 aliphatic heterocycles. The Kier molecular flexibility index (Phi) is 4.09. The van der Waals surface area contributed by atoms with Crippen LogP contribution in [0, 0.1) is 13.8 Å². The summed E-state index contributed by atoms with van der Waals surface area (Å²) >= 11 is 0. The van der Waals surface area contributed by atoms with Crippen LogP contribution in [-0.4, -0.2) is 17.0 Å². The zero-order valence-corrected chi connectivity index (χ0v) is 10.6. The van der Waals surface area contributed by atoms with Crippen molar-refractivity contribution < 1.29 is 14.7 Å². The number of rotatable bonds is 3. The van der Waals surface area contributed by atoms with E-state index in [1.54, 1.807) is 12.1 Å². The van der Waals surface area contributed by atoms with E-state index in [2.05, 4.69) is 5.32 Å². The van der Waals surface area contributed by atoms with Gasteiger partial charge < -0.3 is 16.2 Å². The van der Waals surface area contributed by atoms with Crippen LogP contribution in [0.2, 0.25) is 0 Å². The molecule has 0 fully saturated rings. The van der Waals surface area contributed by atoms with Crippen molar-refractivity contribution >= 4 is 23.6 Å². The van der Waals surface area contributed by atoms with Crippen molar-refractivity contribution in [3.05, 3.63) is 34.5 Å². The van der Waals surface area contributed by atoms with Crippen LogP contribution in [0.5, 0.6) is 0 Å². The second-order valence-electron chi connectivity index (χ2n) is 4.11. The van der Waals surface area contributed by atoms with Gasteiger partial charge in [-0.05, 0) is 48.7 Å². The Labute approximate surface area is 105 Å². The lowest BCUT2D eigenvalue weighted by atomic mass is 10.0. The third-order valence-electron chi connectivity index (χ3n) is 2.47. The van der Waals surface area contributed by atoms with Gasteiger partial charge in [0.2, 0.25) is 5.91 Å². The van der Waals surface area contributed by atoms with E-state index in [1.807, 2.05) is 13.8 Å². The van der Waals surface area contributed by atoms with Gasteiger partial charge in [-0.2, -0.15) is 0 Å². The van der Waals surface area contributed by atoms with Crippen LogP contribution in [0.4, 0.5) is 5.69 Å². The summed E-state index contributed by atoms with van der Waals surface area (Å²) in [6.45, 7) is 4.95. The normalized spacial score (nSPS) is 11.2. The number of aliphatic carboxylic acids is 1. The molecule has 1 amide bonds. The fraction of sp³-hybridized carbons (Fsp3) is 0.231. The molecule has 0 bridgehead atoms. The molecule has 0 radical (unpaired) electrons. The van der Waals surface area contributed by atoms with E-state index in [0.717, 1.165) is 11.1 Å². The van der Waals surface area contributed by atoms with E-state index in [1.165, 1.54) is 13.0 Å². The van der Waals surface area contributed by atoms with Gasteiger partial charge in [0.05, 0.1) is 0 Å². The highest BCUT2D eigenvalue weighted by Crippen LogP contribution is 2.20. The van der Waals surface area contributed by atoms with Crippen LogP contribution in [0.3, 0.4) is 0 Å². The van der Waals surface area contributed by atoms with Gasteiger partial charge in [-0.3, -0.25) is 4.79 Å². The Morgan fingerprint density at radius 3 is 2.17 bits per heavy atom. The van der Waals surface area contributed by atoms with Crippen LogP contribution < -0.4 is 11.1 Å². The number of hydrogen-bond donors (Lipinski definition) is 3. The van der Waals surface area contributed by atoms with E-state index >= 15 is 0 Å². The van der Waals surface area contributed by atoms with Crippen LogP contribution in [-0.2, 0) is 9.59 Å². The van der Waals surface area contributed by atoms with Gasteiger partial charge in [-0.25, -0.2) is 4.79 Å². The minimum Gasteiger partial charge on any atom is -0.477 e. The lowest BCUT2D eigenvalue weighted by Gasteiger charge is -2.08. The van der Waals surface area contributed by atoms with E-state index < -0.39 is 11.9 Å². The molecule has 1 aromatic rings. The van der Waals surface area contributed by atoms with Crippen molar-refractivity contribution in [3.63, 3.8) is 0 Å². The number of hydrogen-bond acceptors (Lipinski definition) is 3. The summed E-state index contributed by atoms with van der Waals surface area (Å²) in [6.07, 6.45) is 1.41. The van der Waals surface area contributed by atoms with Crippen molar-refractivity contribution in [1.82, 2.24) is 5.32 Å². The lowest BCUT2D eigenvalue weighted by molar-refractivity contribution is -0.134. The minimum atomic E-state index is -1.18. The van der Waals surface area contributed by atoms with E-state index in [0.29, 0.717) is 11.3 Å². The monoisotopic (exact) mass is 248 g/mol. The summed E-state index contributed by atoms with van der Waals surface area (Å²) in [7, 11) is 0. The second kappa shape index (κ2) is 5.35. The highest BCUT2D eigenvalue weighted by molar-refractivity contribution is 5.96. The molecule has 1 rings (SSSR count). The molecule has 0 aromatic heterocycles. The maximum absolute atomic E-state index is 11.0. The Balaban J connectivity index is 3.20. The Bertz CT molecular complexity index is 510. The maximum atomic E-state index is 11.0. The number of carbonyl (C=O) groups is 2. The number of nitrogens with one attached hydrogen (secondary N) is 1. The van der Waals surface area contributed by atoms with Gasteiger partial charge in [-0.1, -0.05) is 0 Å². The smallest absolute Gasteiger partial charge is 0.352 e. The fourth-order valence-electron chi connectivity index (χ4n) is 1.60. The molecule has 96 valence electrons. The average molecular weight is 248 g/mol. The number of carbonyl (C=O) groups excluding carboxylic acids is 1. The summed E-state index contributed by atoms with van der Waals surface area (Å²) in [4.78, 5) is 21.9. The van der Waals surface area contributed by atoms with E-state index in [9.17, 15) is 9.59 Å². The molecule has 0 saturated heterocycles. The standard InChI is InChI=1S/C13H16N2O3/c1-7-4-10(5-8(2)12(7)14)6-11(13(17)18)15-9(3)16/h4-6H,14H2,1-3H3,(H,15,16)(H,17,18). The highest BCUT2D eigenvalue weighted by atomic mass is 16.4. The lowest BCUT2D eigenvalue weighted by Crippen LogP contribution is -2.24. The predicted molar refractivity (Wildman–Crippen MR) is 69.8 cm³/mol. The molecule has 0 saturated carbocycles. The Morgan fingerprint density at radius 2 is 1.78 bits per heavy atom. The van der Waals surface area contributed by atoms with Gasteiger partial charge in [0.25, 0.3) is 0 Å². The Morgan fingerprint density at radius 1 is 1.28 bits per heavy atom. The molecule has 0 atom stereocenters. The largest absolute Gasteiger partial charge is 0.477 e.